The van der Waals surface area contributed by atoms with E-state index in [1.165, 1.54) is 17.8 Å². The van der Waals surface area contributed by atoms with E-state index in [1.54, 1.807) is 41.1 Å². The lowest BCUT2D eigenvalue weighted by Gasteiger charge is -2.25. The standard InChI is InChI=1S/C28H26F3N4O5P/c29-28(30,31)22-6-9-25(32-16-22)40-24-3-1-2-19(13-24)12-18-4-7-23(8-5-18)34-27(36)21-14-20-10-11-35(17-39-41(37)38)26(20)33-15-21/h1-3,6,9-16,23,37-38H,4-5,7-8,17H2,(H,34,36). The number of aromatic nitrogens is 3. The number of nitrogens with zero attached hydrogens (tertiary/aromatic N) is 3. The number of hydrogen-bond acceptors (Lipinski definition) is 7. The molecule has 0 spiro atoms. The highest BCUT2D eigenvalue weighted by atomic mass is 31.2. The molecule has 1 saturated carbocycles. The van der Waals surface area contributed by atoms with E-state index < -0.39 is 20.3 Å². The summed E-state index contributed by atoms with van der Waals surface area (Å²) in [5.41, 5.74) is 2.29. The lowest BCUT2D eigenvalue weighted by molar-refractivity contribution is -0.137. The number of pyridine rings is 2. The minimum atomic E-state index is -4.46. The molecule has 0 saturated heterocycles. The molecule has 214 valence electrons. The summed E-state index contributed by atoms with van der Waals surface area (Å²) in [5, 5.41) is 3.81. The molecule has 0 radical (unpaired) electrons. The zero-order chi connectivity index (χ0) is 29.0. The molecule has 3 N–H and O–H groups in total. The van der Waals surface area contributed by atoms with Crippen LogP contribution in [-0.4, -0.2) is 36.3 Å². The molecule has 0 atom stereocenters. The average Bonchev–Trinajstić information content (AvgIpc) is 3.35. The summed E-state index contributed by atoms with van der Waals surface area (Å²) in [6.07, 6.45) is 4.68. The molecular formula is C28H26F3N4O5P. The summed E-state index contributed by atoms with van der Waals surface area (Å²) in [6, 6.07) is 12.9. The van der Waals surface area contributed by atoms with E-state index in [9.17, 15) is 18.0 Å². The number of benzene rings is 1. The van der Waals surface area contributed by atoms with Crippen molar-refractivity contribution in [1.82, 2.24) is 19.9 Å². The largest absolute Gasteiger partial charge is 0.439 e. The van der Waals surface area contributed by atoms with Crippen LogP contribution in [0, 0.1) is 0 Å². The first-order valence-electron chi connectivity index (χ1n) is 12.7. The molecule has 3 heterocycles. The number of fused-ring (bicyclic) bond motifs is 1. The molecule has 3 aromatic heterocycles. The van der Waals surface area contributed by atoms with Crippen LogP contribution in [0.3, 0.4) is 0 Å². The van der Waals surface area contributed by atoms with E-state index in [0.717, 1.165) is 48.9 Å². The summed E-state index contributed by atoms with van der Waals surface area (Å²) in [7, 11) is -2.47. The van der Waals surface area contributed by atoms with Crippen molar-refractivity contribution in [3.63, 3.8) is 0 Å². The molecule has 0 aliphatic heterocycles. The fourth-order valence-electron chi connectivity index (χ4n) is 4.60. The molecule has 1 fully saturated rings. The number of nitrogens with one attached hydrogen (secondary N) is 1. The highest BCUT2D eigenvalue weighted by Gasteiger charge is 2.30. The Morgan fingerprint density at radius 2 is 1.90 bits per heavy atom. The van der Waals surface area contributed by atoms with Crippen LogP contribution in [0.25, 0.3) is 17.1 Å². The minimum absolute atomic E-state index is 0.0158. The third-order valence-electron chi connectivity index (χ3n) is 6.65. The van der Waals surface area contributed by atoms with Crippen LogP contribution >= 0.6 is 8.60 Å². The lowest BCUT2D eigenvalue weighted by atomic mass is 9.89. The van der Waals surface area contributed by atoms with Gasteiger partial charge in [-0.2, -0.15) is 13.2 Å². The molecular weight excluding hydrogens is 560 g/mol. The number of hydrogen-bond donors (Lipinski definition) is 3. The Hall–Kier alpha value is -3.83. The minimum Gasteiger partial charge on any atom is -0.439 e. The molecule has 1 aliphatic rings. The number of carbonyl (C=O) groups excluding carboxylic acids is 1. The van der Waals surface area contributed by atoms with E-state index in [-0.39, 0.29) is 24.6 Å². The van der Waals surface area contributed by atoms with Gasteiger partial charge >= 0.3 is 14.8 Å². The van der Waals surface area contributed by atoms with Crippen molar-refractivity contribution < 1.29 is 37.0 Å². The second-order valence-electron chi connectivity index (χ2n) is 9.54. The fourth-order valence-corrected chi connectivity index (χ4v) is 4.83. The zero-order valence-corrected chi connectivity index (χ0v) is 22.5. The first kappa shape index (κ1) is 28.7. The molecule has 1 amide bonds. The van der Waals surface area contributed by atoms with Gasteiger partial charge in [-0.15, -0.1) is 0 Å². The third-order valence-corrected chi connectivity index (χ3v) is 7.00. The van der Waals surface area contributed by atoms with Crippen LogP contribution < -0.4 is 10.1 Å². The Morgan fingerprint density at radius 1 is 1.10 bits per heavy atom. The van der Waals surface area contributed by atoms with Crippen LogP contribution in [0.2, 0.25) is 0 Å². The van der Waals surface area contributed by atoms with Crippen LogP contribution in [0.5, 0.6) is 11.6 Å². The molecule has 4 aromatic rings. The summed E-state index contributed by atoms with van der Waals surface area (Å²) < 4.78 is 50.3. The summed E-state index contributed by atoms with van der Waals surface area (Å²) in [4.78, 5) is 38.9. The van der Waals surface area contributed by atoms with Gasteiger partial charge in [-0.05, 0) is 61.6 Å². The van der Waals surface area contributed by atoms with Gasteiger partial charge in [0.15, 0.2) is 0 Å². The van der Waals surface area contributed by atoms with E-state index >= 15 is 0 Å². The number of allylic oxidation sites excluding steroid dienone is 1. The van der Waals surface area contributed by atoms with Gasteiger partial charge in [-0.1, -0.05) is 23.8 Å². The molecule has 0 unspecified atom stereocenters. The Kier molecular flexibility index (Phi) is 8.65. The molecule has 0 bridgehead atoms. The van der Waals surface area contributed by atoms with Crippen LogP contribution in [-0.2, 0) is 17.4 Å². The van der Waals surface area contributed by atoms with Gasteiger partial charge in [0.25, 0.3) is 5.91 Å². The first-order valence-corrected chi connectivity index (χ1v) is 13.9. The summed E-state index contributed by atoms with van der Waals surface area (Å²) >= 11 is 0. The Bertz CT molecular complexity index is 1550. The molecule has 5 rings (SSSR count). The summed E-state index contributed by atoms with van der Waals surface area (Å²) in [5.74, 6) is 0.326. The second kappa shape index (κ2) is 12.4. The highest BCUT2D eigenvalue weighted by molar-refractivity contribution is 7.39. The SMILES string of the molecule is O=C(NC1CCC(=Cc2cccc(Oc3ccc(C(F)(F)F)cn3)c2)CC1)c1cnc2c(ccn2COP(O)O)c1. The quantitative estimate of drug-likeness (QED) is 0.211. The van der Waals surface area contributed by atoms with Crippen molar-refractivity contribution in [2.75, 3.05) is 0 Å². The Labute approximate surface area is 234 Å². The molecule has 13 heteroatoms. The zero-order valence-electron chi connectivity index (χ0n) is 21.6. The molecule has 9 nitrogen and oxygen atoms in total. The van der Waals surface area contributed by atoms with E-state index in [4.69, 9.17) is 19.0 Å². The highest BCUT2D eigenvalue weighted by Crippen LogP contribution is 2.31. The summed E-state index contributed by atoms with van der Waals surface area (Å²) in [6.45, 7) is -0.0631. The number of carbonyl (C=O) groups is 1. The fraction of sp³-hybridized carbons (Fsp3) is 0.250. The molecule has 1 aliphatic carbocycles. The van der Waals surface area contributed by atoms with E-state index in [0.29, 0.717) is 17.0 Å². The van der Waals surface area contributed by atoms with Crippen molar-refractivity contribution >= 4 is 31.6 Å². The van der Waals surface area contributed by atoms with Crippen molar-refractivity contribution in [1.29, 1.82) is 0 Å². The van der Waals surface area contributed by atoms with Gasteiger partial charge in [-0.25, -0.2) is 9.97 Å². The number of alkyl halides is 3. The second-order valence-corrected chi connectivity index (χ2v) is 10.3. The van der Waals surface area contributed by atoms with Crippen LogP contribution in [0.4, 0.5) is 13.2 Å². The predicted molar refractivity (Wildman–Crippen MR) is 146 cm³/mol. The average molecular weight is 587 g/mol. The normalized spacial score (nSPS) is 15.8. The van der Waals surface area contributed by atoms with Crippen LogP contribution in [0.15, 0.2) is 72.7 Å². The van der Waals surface area contributed by atoms with Gasteiger partial charge in [0, 0.05) is 36.1 Å². The van der Waals surface area contributed by atoms with Gasteiger partial charge in [-0.3, -0.25) is 9.32 Å². The predicted octanol–water partition coefficient (Wildman–Crippen LogP) is 6.18. The number of rotatable bonds is 8. The monoisotopic (exact) mass is 586 g/mol. The van der Waals surface area contributed by atoms with Gasteiger partial charge in [0.2, 0.25) is 5.88 Å². The maximum atomic E-state index is 12.9. The number of ether oxygens (including phenoxy) is 1. The smallest absolute Gasteiger partial charge is 0.417 e. The number of halogens is 3. The van der Waals surface area contributed by atoms with Gasteiger partial charge in [0.05, 0.1) is 11.1 Å². The lowest BCUT2D eigenvalue weighted by Crippen LogP contribution is -2.36. The van der Waals surface area contributed by atoms with E-state index in [1.807, 2.05) is 6.07 Å². The van der Waals surface area contributed by atoms with E-state index in [2.05, 4.69) is 21.4 Å². The van der Waals surface area contributed by atoms with Crippen molar-refractivity contribution in [3.8, 4) is 11.6 Å². The van der Waals surface area contributed by atoms with Crippen molar-refractivity contribution in [2.24, 2.45) is 0 Å². The maximum Gasteiger partial charge on any atom is 0.417 e. The Morgan fingerprint density at radius 3 is 2.61 bits per heavy atom. The Balaban J connectivity index is 1.15. The first-order chi connectivity index (χ1) is 19.6. The van der Waals surface area contributed by atoms with Crippen LogP contribution in [0.1, 0.15) is 47.2 Å². The number of amides is 1. The van der Waals surface area contributed by atoms with Crippen molar-refractivity contribution in [3.05, 3.63) is 89.4 Å². The maximum absolute atomic E-state index is 12.9. The molecule has 1 aromatic carbocycles. The van der Waals surface area contributed by atoms with Gasteiger partial charge < -0.3 is 24.4 Å². The van der Waals surface area contributed by atoms with Gasteiger partial charge in [0.1, 0.15) is 18.1 Å². The van der Waals surface area contributed by atoms with Crippen molar-refractivity contribution in [2.45, 2.75) is 44.6 Å². The molecule has 41 heavy (non-hydrogen) atoms. The topological polar surface area (TPSA) is 119 Å². The third kappa shape index (κ3) is 7.47.